The number of nitrogens with zero attached hydrogens (tertiary/aromatic N) is 6. The number of anilines is 2. The van der Waals surface area contributed by atoms with Crippen molar-refractivity contribution in [3.05, 3.63) is 83.4 Å². The van der Waals surface area contributed by atoms with Crippen LogP contribution in [0.3, 0.4) is 0 Å². The van der Waals surface area contributed by atoms with Crippen LogP contribution >= 0.6 is 0 Å². The zero-order chi connectivity index (χ0) is 29.3. The molecule has 12 nitrogen and oxygen atoms in total. The van der Waals surface area contributed by atoms with E-state index in [4.69, 9.17) is 9.47 Å². The average molecular weight is 569 g/mol. The predicted molar refractivity (Wildman–Crippen MR) is 154 cm³/mol. The van der Waals surface area contributed by atoms with Gasteiger partial charge in [0.2, 0.25) is 23.6 Å². The van der Waals surface area contributed by atoms with Crippen molar-refractivity contribution in [2.75, 3.05) is 24.9 Å². The SMILES string of the molecule is COc1cc(CC(=O)Nc2ccc(C3CCCC(c4ccc(NC(=O)Cc5ccnc(OC)c5)nn4)C3)nn2)ccn1. The lowest BCUT2D eigenvalue weighted by molar-refractivity contribution is -0.116. The molecule has 1 aliphatic carbocycles. The minimum atomic E-state index is -0.196. The van der Waals surface area contributed by atoms with Gasteiger partial charge in [0.05, 0.1) is 38.4 Å². The van der Waals surface area contributed by atoms with Crippen LogP contribution in [0, 0.1) is 0 Å². The molecule has 0 spiro atoms. The van der Waals surface area contributed by atoms with Gasteiger partial charge in [-0.05, 0) is 66.8 Å². The molecule has 2 atom stereocenters. The Labute approximate surface area is 243 Å². The number of aromatic nitrogens is 6. The Kier molecular flexibility index (Phi) is 9.22. The Hall–Kier alpha value is -5.00. The lowest BCUT2D eigenvalue weighted by atomic mass is 9.78. The first-order chi connectivity index (χ1) is 20.5. The topological polar surface area (TPSA) is 154 Å². The fraction of sp³-hybridized carbons (Fsp3) is 0.333. The Bertz CT molecular complexity index is 1400. The van der Waals surface area contributed by atoms with Gasteiger partial charge in [-0.15, -0.1) is 10.2 Å². The molecule has 1 fully saturated rings. The Balaban J connectivity index is 1.13. The predicted octanol–water partition coefficient (Wildman–Crippen LogP) is 3.88. The fourth-order valence-corrected chi connectivity index (χ4v) is 5.07. The molecule has 2 unspecified atom stereocenters. The number of carbonyl (C=O) groups excluding carboxylic acids is 2. The number of carbonyl (C=O) groups is 2. The molecule has 1 saturated carbocycles. The highest BCUT2D eigenvalue weighted by Crippen LogP contribution is 2.40. The second-order valence-corrected chi connectivity index (χ2v) is 10.1. The van der Waals surface area contributed by atoms with Crippen LogP contribution in [0.5, 0.6) is 11.8 Å². The van der Waals surface area contributed by atoms with Crippen LogP contribution < -0.4 is 20.1 Å². The number of nitrogens with one attached hydrogen (secondary N) is 2. The molecule has 1 aliphatic rings. The zero-order valence-electron chi connectivity index (χ0n) is 23.5. The maximum Gasteiger partial charge on any atom is 0.229 e. The third-order valence-corrected chi connectivity index (χ3v) is 7.16. The van der Waals surface area contributed by atoms with E-state index in [1.54, 1.807) is 48.8 Å². The van der Waals surface area contributed by atoms with E-state index in [0.29, 0.717) is 23.4 Å². The van der Waals surface area contributed by atoms with Crippen LogP contribution in [0.4, 0.5) is 11.6 Å². The summed E-state index contributed by atoms with van der Waals surface area (Å²) in [4.78, 5) is 33.1. The summed E-state index contributed by atoms with van der Waals surface area (Å²) in [7, 11) is 3.07. The van der Waals surface area contributed by atoms with Crippen molar-refractivity contribution in [3.63, 3.8) is 0 Å². The normalized spacial score (nSPS) is 16.3. The number of rotatable bonds is 10. The summed E-state index contributed by atoms with van der Waals surface area (Å²) in [6.45, 7) is 0. The monoisotopic (exact) mass is 568 g/mol. The molecular weight excluding hydrogens is 536 g/mol. The summed E-state index contributed by atoms with van der Waals surface area (Å²) in [5.74, 6) is 1.79. The van der Waals surface area contributed by atoms with E-state index in [0.717, 1.165) is 48.2 Å². The number of ether oxygens (including phenoxy) is 2. The van der Waals surface area contributed by atoms with Crippen LogP contribution in [-0.4, -0.2) is 56.4 Å². The van der Waals surface area contributed by atoms with Gasteiger partial charge < -0.3 is 20.1 Å². The lowest BCUT2D eigenvalue weighted by Crippen LogP contribution is -2.18. The number of pyridine rings is 2. The molecular formula is C30H32N8O4. The highest BCUT2D eigenvalue weighted by Gasteiger charge is 2.27. The van der Waals surface area contributed by atoms with Crippen molar-refractivity contribution in [1.29, 1.82) is 0 Å². The van der Waals surface area contributed by atoms with Crippen molar-refractivity contribution in [2.24, 2.45) is 0 Å². The van der Waals surface area contributed by atoms with E-state index in [1.807, 2.05) is 12.1 Å². The van der Waals surface area contributed by atoms with Gasteiger partial charge in [0, 0.05) is 36.4 Å². The zero-order valence-corrected chi connectivity index (χ0v) is 23.5. The summed E-state index contributed by atoms with van der Waals surface area (Å²) in [6, 6.07) is 14.4. The standard InChI is InChI=1S/C30H32N8O4/c1-41-29-16-19(10-12-31-29)14-27(39)33-25-8-6-23(35-37-25)21-4-3-5-22(18-21)24-7-9-26(38-36-24)34-28(40)15-20-11-13-32-30(17-20)42-2/h6-13,16-17,21-22H,3-5,14-15,18H2,1-2H3,(H,33,37,39)(H,34,38,40). The molecule has 2 N–H and O–H groups in total. The molecule has 0 aliphatic heterocycles. The van der Waals surface area contributed by atoms with E-state index in [-0.39, 0.29) is 36.5 Å². The Morgan fingerprint density at radius 2 is 1.19 bits per heavy atom. The van der Waals surface area contributed by atoms with Gasteiger partial charge >= 0.3 is 0 Å². The number of methoxy groups -OCH3 is 2. The molecule has 0 radical (unpaired) electrons. The largest absolute Gasteiger partial charge is 0.481 e. The second-order valence-electron chi connectivity index (χ2n) is 10.1. The minimum Gasteiger partial charge on any atom is -0.481 e. The first-order valence-corrected chi connectivity index (χ1v) is 13.7. The maximum atomic E-state index is 12.5. The van der Waals surface area contributed by atoms with Gasteiger partial charge in [0.15, 0.2) is 11.6 Å². The van der Waals surface area contributed by atoms with Gasteiger partial charge in [0.1, 0.15) is 0 Å². The lowest BCUT2D eigenvalue weighted by Gasteiger charge is -2.28. The molecule has 216 valence electrons. The molecule has 5 rings (SSSR count). The molecule has 2 amide bonds. The smallest absolute Gasteiger partial charge is 0.229 e. The minimum absolute atomic E-state index is 0.177. The van der Waals surface area contributed by atoms with Crippen molar-refractivity contribution in [3.8, 4) is 11.8 Å². The highest BCUT2D eigenvalue weighted by atomic mass is 16.5. The van der Waals surface area contributed by atoms with Gasteiger partial charge in [-0.2, -0.15) is 10.2 Å². The van der Waals surface area contributed by atoms with Crippen LogP contribution in [-0.2, 0) is 22.4 Å². The van der Waals surface area contributed by atoms with Crippen LogP contribution in [0.1, 0.15) is 60.0 Å². The Morgan fingerprint density at radius 1 is 0.714 bits per heavy atom. The van der Waals surface area contributed by atoms with Crippen molar-refractivity contribution in [2.45, 2.75) is 50.4 Å². The van der Waals surface area contributed by atoms with Crippen molar-refractivity contribution < 1.29 is 19.1 Å². The molecule has 4 heterocycles. The van der Waals surface area contributed by atoms with Gasteiger partial charge in [-0.3, -0.25) is 9.59 Å². The number of amides is 2. The van der Waals surface area contributed by atoms with Gasteiger partial charge in [-0.25, -0.2) is 9.97 Å². The van der Waals surface area contributed by atoms with Crippen molar-refractivity contribution >= 4 is 23.5 Å². The molecule has 42 heavy (non-hydrogen) atoms. The fourth-order valence-electron chi connectivity index (χ4n) is 5.07. The first-order valence-electron chi connectivity index (χ1n) is 13.7. The molecule has 4 aromatic rings. The summed E-state index contributed by atoms with van der Waals surface area (Å²) in [6.07, 6.45) is 7.47. The number of hydrogen-bond acceptors (Lipinski definition) is 10. The molecule has 0 saturated heterocycles. The molecule has 4 aromatic heterocycles. The van der Waals surface area contributed by atoms with Crippen LogP contribution in [0.2, 0.25) is 0 Å². The second kappa shape index (κ2) is 13.6. The van der Waals surface area contributed by atoms with E-state index in [2.05, 4.69) is 41.0 Å². The maximum absolute atomic E-state index is 12.5. The van der Waals surface area contributed by atoms with E-state index in [1.165, 1.54) is 14.2 Å². The highest BCUT2D eigenvalue weighted by molar-refractivity contribution is 5.91. The third-order valence-electron chi connectivity index (χ3n) is 7.16. The summed E-state index contributed by atoms with van der Waals surface area (Å²) < 4.78 is 10.2. The van der Waals surface area contributed by atoms with E-state index in [9.17, 15) is 9.59 Å². The molecule has 0 aromatic carbocycles. The average Bonchev–Trinajstić information content (AvgIpc) is 3.02. The summed E-state index contributed by atoms with van der Waals surface area (Å²) in [5.41, 5.74) is 3.37. The summed E-state index contributed by atoms with van der Waals surface area (Å²) >= 11 is 0. The van der Waals surface area contributed by atoms with Gasteiger partial charge in [-0.1, -0.05) is 6.42 Å². The van der Waals surface area contributed by atoms with Gasteiger partial charge in [0.25, 0.3) is 0 Å². The molecule has 0 bridgehead atoms. The Morgan fingerprint density at radius 3 is 1.60 bits per heavy atom. The third kappa shape index (κ3) is 7.59. The van der Waals surface area contributed by atoms with Crippen LogP contribution in [0.25, 0.3) is 0 Å². The van der Waals surface area contributed by atoms with E-state index < -0.39 is 0 Å². The van der Waals surface area contributed by atoms with Crippen LogP contribution in [0.15, 0.2) is 60.9 Å². The summed E-state index contributed by atoms with van der Waals surface area (Å²) in [5, 5.41) is 22.9. The van der Waals surface area contributed by atoms with Crippen molar-refractivity contribution in [1.82, 2.24) is 30.4 Å². The molecule has 12 heteroatoms. The van der Waals surface area contributed by atoms with E-state index >= 15 is 0 Å². The quantitative estimate of drug-likeness (QED) is 0.288. The number of hydrogen-bond donors (Lipinski definition) is 2. The first kappa shape index (κ1) is 28.5.